The first-order valence-corrected chi connectivity index (χ1v) is 6.35. The third-order valence-corrected chi connectivity index (χ3v) is 3.22. The third-order valence-electron chi connectivity index (χ3n) is 2.22. The summed E-state index contributed by atoms with van der Waals surface area (Å²) in [7, 11) is 0. The molecule has 1 N–H and O–H groups in total. The molecule has 0 saturated carbocycles. The second-order valence-electron chi connectivity index (χ2n) is 3.53. The summed E-state index contributed by atoms with van der Waals surface area (Å²) >= 11 is 5.50. The molecule has 0 aliphatic heterocycles. The molecule has 7 heteroatoms. The maximum absolute atomic E-state index is 12.0. The van der Waals surface area contributed by atoms with Crippen LogP contribution in [0.3, 0.4) is 0 Å². The summed E-state index contributed by atoms with van der Waals surface area (Å²) in [5, 5.41) is 9.38. The smallest absolute Gasteiger partial charge is 0.441 e. The standard InChI is InChI=1S/C11H10ClF3O2S/c12-8-3-1-2-7(6-8)9(10(16)17)4-5-18-11(13,14)15/h1-3,6,9H,4-5H2,(H,16,17). The van der Waals surface area contributed by atoms with Crippen molar-refractivity contribution in [3.05, 3.63) is 34.9 Å². The molecule has 2 nitrogen and oxygen atoms in total. The van der Waals surface area contributed by atoms with Crippen LogP contribution in [0.15, 0.2) is 24.3 Å². The molecule has 18 heavy (non-hydrogen) atoms. The van der Waals surface area contributed by atoms with Crippen molar-refractivity contribution in [1.29, 1.82) is 0 Å². The number of alkyl halides is 3. The van der Waals surface area contributed by atoms with Crippen molar-refractivity contribution in [3.63, 3.8) is 0 Å². The maximum Gasteiger partial charge on any atom is 0.441 e. The van der Waals surface area contributed by atoms with E-state index in [1.54, 1.807) is 18.2 Å². The topological polar surface area (TPSA) is 37.3 Å². The molecule has 1 unspecified atom stereocenters. The summed E-state index contributed by atoms with van der Waals surface area (Å²) in [6, 6.07) is 6.15. The molecule has 0 amide bonds. The molecule has 1 aromatic rings. The van der Waals surface area contributed by atoms with Crippen LogP contribution >= 0.6 is 23.4 Å². The lowest BCUT2D eigenvalue weighted by atomic mass is 9.97. The molecule has 0 bridgehead atoms. The monoisotopic (exact) mass is 298 g/mol. The number of carbonyl (C=O) groups is 1. The van der Waals surface area contributed by atoms with Gasteiger partial charge < -0.3 is 5.11 Å². The zero-order valence-electron chi connectivity index (χ0n) is 9.08. The molecule has 0 aliphatic rings. The predicted molar refractivity (Wildman–Crippen MR) is 65.0 cm³/mol. The first-order chi connectivity index (χ1) is 8.29. The number of halogens is 4. The zero-order valence-corrected chi connectivity index (χ0v) is 10.6. The molecule has 0 aliphatic carbocycles. The van der Waals surface area contributed by atoms with Gasteiger partial charge in [-0.3, -0.25) is 4.79 Å². The lowest BCUT2D eigenvalue weighted by molar-refractivity contribution is -0.138. The van der Waals surface area contributed by atoms with Crippen LogP contribution in [0.2, 0.25) is 5.02 Å². The van der Waals surface area contributed by atoms with E-state index < -0.39 is 17.4 Å². The van der Waals surface area contributed by atoms with Crippen molar-refractivity contribution in [1.82, 2.24) is 0 Å². The summed E-state index contributed by atoms with van der Waals surface area (Å²) in [6.45, 7) is 0. The molecule has 0 saturated heterocycles. The van der Waals surface area contributed by atoms with Gasteiger partial charge in [0.1, 0.15) is 0 Å². The Bertz CT molecular complexity index is 423. The Hall–Kier alpha value is -0.880. The Balaban J connectivity index is 2.69. The van der Waals surface area contributed by atoms with E-state index in [1.165, 1.54) is 6.07 Å². The molecule has 100 valence electrons. The van der Waals surface area contributed by atoms with E-state index in [-0.39, 0.29) is 23.9 Å². The van der Waals surface area contributed by atoms with Crippen LogP contribution in [0.5, 0.6) is 0 Å². The quantitative estimate of drug-likeness (QED) is 0.887. The van der Waals surface area contributed by atoms with Crippen LogP contribution in [0.4, 0.5) is 13.2 Å². The molecule has 0 heterocycles. The normalized spacial score (nSPS) is 13.3. The molecule has 0 aromatic heterocycles. The van der Waals surface area contributed by atoms with Gasteiger partial charge in [-0.05, 0) is 24.1 Å². The molecule has 1 rings (SSSR count). The number of rotatable bonds is 5. The second-order valence-corrected chi connectivity index (χ2v) is 5.12. The van der Waals surface area contributed by atoms with E-state index in [0.717, 1.165) is 0 Å². The summed E-state index contributed by atoms with van der Waals surface area (Å²) in [5.74, 6) is -2.42. The van der Waals surface area contributed by atoms with Crippen LogP contribution in [0, 0.1) is 0 Å². The molecular formula is C11H10ClF3O2S. The van der Waals surface area contributed by atoms with Gasteiger partial charge in [0, 0.05) is 10.8 Å². The lowest BCUT2D eigenvalue weighted by Crippen LogP contribution is -2.14. The number of aliphatic carboxylic acids is 1. The van der Waals surface area contributed by atoms with Crippen LogP contribution in [0.1, 0.15) is 17.9 Å². The minimum absolute atomic E-state index is 0.0974. The van der Waals surface area contributed by atoms with Gasteiger partial charge >= 0.3 is 11.5 Å². The van der Waals surface area contributed by atoms with Crippen molar-refractivity contribution in [2.24, 2.45) is 0 Å². The van der Waals surface area contributed by atoms with Crippen LogP contribution in [0.25, 0.3) is 0 Å². The highest BCUT2D eigenvalue weighted by Gasteiger charge is 2.29. The molecule has 1 atom stereocenters. The summed E-state index contributed by atoms with van der Waals surface area (Å²) in [4.78, 5) is 11.0. The number of benzene rings is 1. The molecule has 1 aromatic carbocycles. The van der Waals surface area contributed by atoms with E-state index in [2.05, 4.69) is 0 Å². The van der Waals surface area contributed by atoms with Crippen molar-refractivity contribution in [3.8, 4) is 0 Å². The second kappa shape index (κ2) is 6.33. The first kappa shape index (κ1) is 15.2. The highest BCUT2D eigenvalue weighted by atomic mass is 35.5. The Morgan fingerprint density at radius 2 is 2.11 bits per heavy atom. The van der Waals surface area contributed by atoms with Gasteiger partial charge in [-0.15, -0.1) is 0 Å². The number of carboxylic acids is 1. The summed E-state index contributed by atoms with van der Waals surface area (Å²) in [6.07, 6.45) is -0.0974. The Labute approximate surface area is 111 Å². The van der Waals surface area contributed by atoms with Gasteiger partial charge in [-0.1, -0.05) is 35.5 Å². The Kier molecular flexibility index (Phi) is 5.34. The molecule has 0 fully saturated rings. The fourth-order valence-corrected chi connectivity index (χ4v) is 2.23. The van der Waals surface area contributed by atoms with Gasteiger partial charge in [-0.25, -0.2) is 0 Å². The summed E-state index contributed by atoms with van der Waals surface area (Å²) < 4.78 is 35.9. The van der Waals surface area contributed by atoms with E-state index in [1.807, 2.05) is 0 Å². The predicted octanol–water partition coefficient (Wildman–Crippen LogP) is 4.15. The SMILES string of the molecule is O=C(O)C(CCSC(F)(F)F)c1cccc(Cl)c1. The average Bonchev–Trinajstić information content (AvgIpc) is 2.22. The van der Waals surface area contributed by atoms with Gasteiger partial charge in [0.15, 0.2) is 0 Å². The first-order valence-electron chi connectivity index (χ1n) is 4.98. The third kappa shape index (κ3) is 5.18. The van der Waals surface area contributed by atoms with Gasteiger partial charge in [0.05, 0.1) is 5.92 Å². The Morgan fingerprint density at radius 3 is 2.61 bits per heavy atom. The maximum atomic E-state index is 12.0. The fourth-order valence-electron chi connectivity index (χ4n) is 1.45. The van der Waals surface area contributed by atoms with Crippen LogP contribution in [-0.4, -0.2) is 22.3 Å². The van der Waals surface area contributed by atoms with Gasteiger partial charge in [0.25, 0.3) is 0 Å². The van der Waals surface area contributed by atoms with E-state index in [4.69, 9.17) is 16.7 Å². The minimum Gasteiger partial charge on any atom is -0.481 e. The molecule has 0 radical (unpaired) electrons. The largest absolute Gasteiger partial charge is 0.481 e. The average molecular weight is 299 g/mol. The van der Waals surface area contributed by atoms with Crippen molar-refractivity contribution in [2.45, 2.75) is 17.8 Å². The Morgan fingerprint density at radius 1 is 1.44 bits per heavy atom. The lowest BCUT2D eigenvalue weighted by Gasteiger charge is -2.13. The van der Waals surface area contributed by atoms with Crippen molar-refractivity contribution < 1.29 is 23.1 Å². The van der Waals surface area contributed by atoms with E-state index in [9.17, 15) is 18.0 Å². The van der Waals surface area contributed by atoms with Crippen LogP contribution in [-0.2, 0) is 4.79 Å². The van der Waals surface area contributed by atoms with Gasteiger partial charge in [0.2, 0.25) is 0 Å². The number of carboxylic acid groups (broad SMARTS) is 1. The molecular weight excluding hydrogens is 289 g/mol. The van der Waals surface area contributed by atoms with E-state index >= 15 is 0 Å². The van der Waals surface area contributed by atoms with Crippen molar-refractivity contribution in [2.75, 3.05) is 5.75 Å². The number of thioether (sulfide) groups is 1. The highest BCUT2D eigenvalue weighted by Crippen LogP contribution is 2.33. The molecule has 0 spiro atoms. The minimum atomic E-state index is -4.34. The van der Waals surface area contributed by atoms with E-state index in [0.29, 0.717) is 10.6 Å². The summed E-state index contributed by atoms with van der Waals surface area (Å²) in [5.41, 5.74) is -3.92. The number of hydrogen-bond donors (Lipinski definition) is 1. The van der Waals surface area contributed by atoms with Crippen LogP contribution < -0.4 is 0 Å². The highest BCUT2D eigenvalue weighted by molar-refractivity contribution is 8.00. The number of hydrogen-bond acceptors (Lipinski definition) is 2. The zero-order chi connectivity index (χ0) is 13.8. The van der Waals surface area contributed by atoms with Crippen molar-refractivity contribution >= 4 is 29.3 Å². The van der Waals surface area contributed by atoms with Gasteiger partial charge in [-0.2, -0.15) is 13.2 Å². The fraction of sp³-hybridized carbons (Fsp3) is 0.364.